The highest BCUT2D eigenvalue weighted by molar-refractivity contribution is 5.99. The number of ether oxygens (including phenoxy) is 1. The molecule has 1 unspecified atom stereocenters. The van der Waals surface area contributed by atoms with Gasteiger partial charge in [0.25, 0.3) is 0 Å². The molecule has 4 nitrogen and oxygen atoms in total. The van der Waals surface area contributed by atoms with Gasteiger partial charge in [0.1, 0.15) is 5.75 Å². The Kier molecular flexibility index (Phi) is 2.92. The predicted molar refractivity (Wildman–Crippen MR) is 82.3 cm³/mol. The monoisotopic (exact) mass is 273 g/mol. The third-order valence-corrected chi connectivity index (χ3v) is 4.64. The minimum Gasteiger partial charge on any atom is -0.495 e. The fourth-order valence-electron chi connectivity index (χ4n) is 3.77. The van der Waals surface area contributed by atoms with Crippen LogP contribution in [0.25, 0.3) is 0 Å². The number of hydrogen-bond donors (Lipinski definition) is 1. The molecule has 0 saturated heterocycles. The summed E-state index contributed by atoms with van der Waals surface area (Å²) in [7, 11) is 1.70. The summed E-state index contributed by atoms with van der Waals surface area (Å²) in [6.07, 6.45) is 3.45. The Morgan fingerprint density at radius 3 is 2.65 bits per heavy atom. The molecular weight excluding hydrogens is 250 g/mol. The minimum atomic E-state index is 0.0300. The number of guanidine groups is 1. The summed E-state index contributed by atoms with van der Waals surface area (Å²) in [5.74, 6) is 1.48. The van der Waals surface area contributed by atoms with E-state index in [2.05, 4.69) is 29.8 Å². The molecule has 1 aromatic rings. The standard InChI is InChI=1S/C16H23N3O/c1-15(2)8-9-16(10-15)11-18-14(17)19(16)12-6-4-5-7-13(12)20-3/h4-7H,8-11H2,1-3H3,(H2,17,18). The lowest BCUT2D eigenvalue weighted by atomic mass is 9.87. The lowest BCUT2D eigenvalue weighted by Crippen LogP contribution is -2.51. The number of anilines is 1. The first-order valence-corrected chi connectivity index (χ1v) is 7.21. The van der Waals surface area contributed by atoms with E-state index in [0.717, 1.165) is 30.8 Å². The summed E-state index contributed by atoms with van der Waals surface area (Å²) in [4.78, 5) is 6.74. The first kappa shape index (κ1) is 13.3. The Morgan fingerprint density at radius 1 is 1.25 bits per heavy atom. The minimum absolute atomic E-state index is 0.0300. The zero-order valence-corrected chi connectivity index (χ0v) is 12.5. The maximum Gasteiger partial charge on any atom is 0.196 e. The number of nitrogens with zero attached hydrogens (tertiary/aromatic N) is 2. The predicted octanol–water partition coefficient (Wildman–Crippen LogP) is 2.78. The van der Waals surface area contributed by atoms with E-state index in [1.165, 1.54) is 6.42 Å². The van der Waals surface area contributed by atoms with Gasteiger partial charge in [0.15, 0.2) is 5.96 Å². The Hall–Kier alpha value is -1.71. The second-order valence-electron chi connectivity index (χ2n) is 6.75. The molecule has 2 aliphatic rings. The number of para-hydroxylation sites is 2. The van der Waals surface area contributed by atoms with Crippen LogP contribution in [-0.4, -0.2) is 25.2 Å². The van der Waals surface area contributed by atoms with Crippen LogP contribution in [-0.2, 0) is 0 Å². The number of rotatable bonds is 2. The Balaban J connectivity index is 2.03. The van der Waals surface area contributed by atoms with Crippen LogP contribution in [0.1, 0.15) is 33.1 Å². The fourth-order valence-corrected chi connectivity index (χ4v) is 3.77. The lowest BCUT2D eigenvalue weighted by Gasteiger charge is -2.37. The van der Waals surface area contributed by atoms with E-state index in [-0.39, 0.29) is 5.54 Å². The summed E-state index contributed by atoms with van der Waals surface area (Å²) in [6, 6.07) is 8.06. The molecule has 2 N–H and O–H groups in total. The van der Waals surface area contributed by atoms with Gasteiger partial charge in [-0.2, -0.15) is 0 Å². The molecule has 1 aliphatic heterocycles. The van der Waals surface area contributed by atoms with Crippen LogP contribution < -0.4 is 15.4 Å². The molecule has 0 amide bonds. The summed E-state index contributed by atoms with van der Waals surface area (Å²) in [6.45, 7) is 5.45. The van der Waals surface area contributed by atoms with Gasteiger partial charge in [-0.15, -0.1) is 0 Å². The largest absolute Gasteiger partial charge is 0.495 e. The number of hydrogen-bond acceptors (Lipinski definition) is 4. The number of aliphatic imine (C=N–C) groups is 1. The topological polar surface area (TPSA) is 50.9 Å². The molecule has 108 valence electrons. The fraction of sp³-hybridized carbons (Fsp3) is 0.562. The maximum absolute atomic E-state index is 6.20. The van der Waals surface area contributed by atoms with Gasteiger partial charge < -0.3 is 15.4 Å². The first-order chi connectivity index (χ1) is 9.47. The van der Waals surface area contributed by atoms with Crippen LogP contribution in [0.4, 0.5) is 5.69 Å². The summed E-state index contributed by atoms with van der Waals surface area (Å²) < 4.78 is 5.51. The molecule has 20 heavy (non-hydrogen) atoms. The molecule has 1 fully saturated rings. The molecule has 1 spiro atoms. The van der Waals surface area contributed by atoms with Crippen molar-refractivity contribution in [1.82, 2.24) is 0 Å². The van der Waals surface area contributed by atoms with Crippen molar-refractivity contribution in [3.63, 3.8) is 0 Å². The van der Waals surface area contributed by atoms with Crippen LogP contribution in [0.2, 0.25) is 0 Å². The van der Waals surface area contributed by atoms with Crippen molar-refractivity contribution in [3.8, 4) is 5.75 Å². The van der Waals surface area contributed by atoms with Gasteiger partial charge in [0.2, 0.25) is 0 Å². The Bertz CT molecular complexity index is 552. The molecule has 0 radical (unpaired) electrons. The van der Waals surface area contributed by atoms with Crippen LogP contribution in [0, 0.1) is 5.41 Å². The van der Waals surface area contributed by atoms with Gasteiger partial charge in [-0.25, -0.2) is 0 Å². The molecule has 0 aromatic heterocycles. The van der Waals surface area contributed by atoms with E-state index in [1.807, 2.05) is 18.2 Å². The van der Waals surface area contributed by atoms with E-state index in [0.29, 0.717) is 11.4 Å². The maximum atomic E-state index is 6.20. The van der Waals surface area contributed by atoms with Gasteiger partial charge in [-0.05, 0) is 36.8 Å². The van der Waals surface area contributed by atoms with Crippen LogP contribution in [0.3, 0.4) is 0 Å². The van der Waals surface area contributed by atoms with Crippen LogP contribution >= 0.6 is 0 Å². The van der Waals surface area contributed by atoms with Crippen LogP contribution in [0.5, 0.6) is 5.75 Å². The number of benzene rings is 1. The van der Waals surface area contributed by atoms with Crippen molar-refractivity contribution in [2.45, 2.75) is 38.6 Å². The number of nitrogens with two attached hydrogens (primary N) is 1. The summed E-state index contributed by atoms with van der Waals surface area (Å²) >= 11 is 0. The van der Waals surface area contributed by atoms with Gasteiger partial charge in [0, 0.05) is 0 Å². The van der Waals surface area contributed by atoms with Crippen molar-refractivity contribution < 1.29 is 4.74 Å². The quantitative estimate of drug-likeness (QED) is 0.901. The Labute approximate surface area is 120 Å². The average Bonchev–Trinajstić information content (AvgIpc) is 2.90. The molecule has 3 rings (SSSR count). The lowest BCUT2D eigenvalue weighted by molar-refractivity contribution is 0.344. The van der Waals surface area contributed by atoms with E-state index >= 15 is 0 Å². The van der Waals surface area contributed by atoms with E-state index in [9.17, 15) is 0 Å². The average molecular weight is 273 g/mol. The second-order valence-corrected chi connectivity index (χ2v) is 6.75. The highest BCUT2D eigenvalue weighted by Crippen LogP contribution is 2.50. The highest BCUT2D eigenvalue weighted by Gasteiger charge is 2.51. The number of methoxy groups -OCH3 is 1. The molecule has 1 heterocycles. The highest BCUT2D eigenvalue weighted by atomic mass is 16.5. The molecular formula is C16H23N3O. The molecule has 1 aromatic carbocycles. The van der Waals surface area contributed by atoms with Crippen molar-refractivity contribution in [1.29, 1.82) is 0 Å². The van der Waals surface area contributed by atoms with Gasteiger partial charge >= 0.3 is 0 Å². The Morgan fingerprint density at radius 2 is 2.00 bits per heavy atom. The van der Waals surface area contributed by atoms with Crippen molar-refractivity contribution in [2.75, 3.05) is 18.6 Å². The molecule has 0 bridgehead atoms. The third-order valence-electron chi connectivity index (χ3n) is 4.64. The SMILES string of the molecule is COc1ccccc1N1C(N)=NCC12CCC(C)(C)C2. The summed E-state index contributed by atoms with van der Waals surface area (Å²) in [5.41, 5.74) is 7.61. The van der Waals surface area contributed by atoms with E-state index in [4.69, 9.17) is 10.5 Å². The molecule has 1 aliphatic carbocycles. The normalized spacial score (nSPS) is 27.9. The van der Waals surface area contributed by atoms with Crippen molar-refractivity contribution in [2.24, 2.45) is 16.1 Å². The van der Waals surface area contributed by atoms with Gasteiger partial charge in [-0.1, -0.05) is 26.0 Å². The van der Waals surface area contributed by atoms with Crippen LogP contribution in [0.15, 0.2) is 29.3 Å². The summed E-state index contributed by atoms with van der Waals surface area (Å²) in [5, 5.41) is 0. The second kappa shape index (κ2) is 4.40. The van der Waals surface area contributed by atoms with E-state index < -0.39 is 0 Å². The molecule has 1 atom stereocenters. The molecule has 1 saturated carbocycles. The molecule has 4 heteroatoms. The first-order valence-electron chi connectivity index (χ1n) is 7.21. The zero-order chi connectivity index (χ0) is 14.4. The van der Waals surface area contributed by atoms with Gasteiger partial charge in [-0.3, -0.25) is 4.99 Å². The van der Waals surface area contributed by atoms with Gasteiger partial charge in [0.05, 0.1) is 24.9 Å². The zero-order valence-electron chi connectivity index (χ0n) is 12.5. The van der Waals surface area contributed by atoms with E-state index in [1.54, 1.807) is 7.11 Å². The third kappa shape index (κ3) is 1.94. The van der Waals surface area contributed by atoms with Crippen molar-refractivity contribution >= 4 is 11.6 Å². The smallest absolute Gasteiger partial charge is 0.196 e. The van der Waals surface area contributed by atoms with Crippen molar-refractivity contribution in [3.05, 3.63) is 24.3 Å².